The SMILES string of the molecule is CC(c1ccccc1)(c1cnc2ccccc2c1)c1ccccc1-c1ccc(COc2ccccc2N)cc1. The van der Waals surface area contributed by atoms with Crippen molar-refractivity contribution in [2.75, 3.05) is 5.73 Å². The normalized spacial score (nSPS) is 12.6. The van der Waals surface area contributed by atoms with Gasteiger partial charge in [-0.2, -0.15) is 0 Å². The van der Waals surface area contributed by atoms with Gasteiger partial charge in [-0.15, -0.1) is 0 Å². The van der Waals surface area contributed by atoms with Crippen LogP contribution in [-0.2, 0) is 12.0 Å². The van der Waals surface area contributed by atoms with E-state index in [0.29, 0.717) is 18.0 Å². The van der Waals surface area contributed by atoms with E-state index >= 15 is 0 Å². The molecule has 0 aliphatic heterocycles. The molecule has 3 heteroatoms. The van der Waals surface area contributed by atoms with E-state index in [4.69, 9.17) is 15.5 Å². The zero-order valence-electron chi connectivity index (χ0n) is 21.9. The second-order valence-electron chi connectivity index (χ2n) is 9.98. The Morgan fingerprint density at radius 3 is 2.21 bits per heavy atom. The van der Waals surface area contributed by atoms with Crippen molar-refractivity contribution in [3.8, 4) is 16.9 Å². The fraction of sp³-hybridized carbons (Fsp3) is 0.0833. The lowest BCUT2D eigenvalue weighted by Crippen LogP contribution is -2.26. The molecular formula is C36H30N2O. The summed E-state index contributed by atoms with van der Waals surface area (Å²) in [5.74, 6) is 0.703. The van der Waals surface area contributed by atoms with E-state index in [1.165, 1.54) is 16.7 Å². The average Bonchev–Trinajstić information content (AvgIpc) is 3.01. The van der Waals surface area contributed by atoms with E-state index in [0.717, 1.165) is 27.6 Å². The van der Waals surface area contributed by atoms with E-state index < -0.39 is 5.41 Å². The van der Waals surface area contributed by atoms with Crippen LogP contribution < -0.4 is 10.5 Å². The number of nitrogens with two attached hydrogens (primary N) is 1. The Hall–Kier alpha value is -4.89. The van der Waals surface area contributed by atoms with Crippen LogP contribution >= 0.6 is 0 Å². The van der Waals surface area contributed by atoms with Crippen LogP contribution in [0.4, 0.5) is 5.69 Å². The molecule has 0 radical (unpaired) electrons. The highest BCUT2D eigenvalue weighted by Crippen LogP contribution is 2.43. The zero-order chi connectivity index (χ0) is 26.7. The molecule has 6 aromatic rings. The maximum Gasteiger partial charge on any atom is 0.142 e. The summed E-state index contributed by atoms with van der Waals surface area (Å²) in [7, 11) is 0. The monoisotopic (exact) mass is 506 g/mol. The van der Waals surface area contributed by atoms with Crippen molar-refractivity contribution in [1.29, 1.82) is 0 Å². The summed E-state index contributed by atoms with van der Waals surface area (Å²) in [6.45, 7) is 2.76. The molecule has 0 aliphatic carbocycles. The van der Waals surface area contributed by atoms with Crippen LogP contribution in [0.25, 0.3) is 22.0 Å². The van der Waals surface area contributed by atoms with E-state index in [1.807, 2.05) is 36.5 Å². The van der Waals surface area contributed by atoms with Gasteiger partial charge in [-0.25, -0.2) is 0 Å². The minimum Gasteiger partial charge on any atom is -0.487 e. The highest BCUT2D eigenvalue weighted by molar-refractivity contribution is 5.80. The number of rotatable bonds is 7. The predicted molar refractivity (Wildman–Crippen MR) is 161 cm³/mol. The Labute approximate surface area is 229 Å². The lowest BCUT2D eigenvalue weighted by atomic mass is 9.69. The first-order valence-electron chi connectivity index (χ1n) is 13.2. The number of fused-ring (bicyclic) bond motifs is 1. The number of pyridine rings is 1. The van der Waals surface area contributed by atoms with Gasteiger partial charge in [0.25, 0.3) is 0 Å². The largest absolute Gasteiger partial charge is 0.487 e. The van der Waals surface area contributed by atoms with Gasteiger partial charge >= 0.3 is 0 Å². The highest BCUT2D eigenvalue weighted by atomic mass is 16.5. The van der Waals surface area contributed by atoms with Gasteiger partial charge in [0.05, 0.1) is 11.2 Å². The van der Waals surface area contributed by atoms with Crippen molar-refractivity contribution >= 4 is 16.6 Å². The second-order valence-corrected chi connectivity index (χ2v) is 9.98. The van der Waals surface area contributed by atoms with Gasteiger partial charge in [0, 0.05) is 17.0 Å². The van der Waals surface area contributed by atoms with Gasteiger partial charge < -0.3 is 10.5 Å². The summed E-state index contributed by atoms with van der Waals surface area (Å²) < 4.78 is 5.97. The summed E-state index contributed by atoms with van der Waals surface area (Å²) in [5, 5.41) is 1.14. The molecule has 190 valence electrons. The van der Waals surface area contributed by atoms with Crippen molar-refractivity contribution in [1.82, 2.24) is 4.98 Å². The lowest BCUT2D eigenvalue weighted by molar-refractivity contribution is 0.308. The molecular weight excluding hydrogens is 476 g/mol. The molecule has 1 aromatic heterocycles. The summed E-state index contributed by atoms with van der Waals surface area (Å²) in [6.07, 6.45) is 2.03. The van der Waals surface area contributed by atoms with Crippen molar-refractivity contribution in [3.05, 3.63) is 162 Å². The second kappa shape index (κ2) is 10.5. The fourth-order valence-corrected chi connectivity index (χ4v) is 5.32. The van der Waals surface area contributed by atoms with Crippen LogP contribution in [0.3, 0.4) is 0 Å². The van der Waals surface area contributed by atoms with Gasteiger partial charge in [-0.05, 0) is 64.6 Å². The maximum atomic E-state index is 6.04. The van der Waals surface area contributed by atoms with Gasteiger partial charge in [0.1, 0.15) is 12.4 Å². The highest BCUT2D eigenvalue weighted by Gasteiger charge is 2.33. The van der Waals surface area contributed by atoms with E-state index in [-0.39, 0.29) is 0 Å². The van der Waals surface area contributed by atoms with Crippen molar-refractivity contribution < 1.29 is 4.74 Å². The van der Waals surface area contributed by atoms with Crippen LogP contribution in [0.1, 0.15) is 29.2 Å². The Balaban J connectivity index is 1.41. The van der Waals surface area contributed by atoms with Gasteiger partial charge in [0.2, 0.25) is 0 Å². The number of anilines is 1. The summed E-state index contributed by atoms with van der Waals surface area (Å²) >= 11 is 0. The Morgan fingerprint density at radius 1 is 0.692 bits per heavy atom. The zero-order valence-corrected chi connectivity index (χ0v) is 21.9. The molecule has 1 atom stereocenters. The minimum atomic E-state index is -0.415. The topological polar surface area (TPSA) is 48.1 Å². The molecule has 0 spiro atoms. The Bertz CT molecular complexity index is 1730. The molecule has 0 aliphatic rings. The Kier molecular flexibility index (Phi) is 6.56. The van der Waals surface area contributed by atoms with Crippen LogP contribution in [0.5, 0.6) is 5.75 Å². The van der Waals surface area contributed by atoms with E-state index in [1.54, 1.807) is 0 Å². The van der Waals surface area contributed by atoms with Gasteiger partial charge in [-0.3, -0.25) is 4.98 Å². The smallest absolute Gasteiger partial charge is 0.142 e. The first-order valence-corrected chi connectivity index (χ1v) is 13.2. The molecule has 0 saturated carbocycles. The molecule has 6 rings (SSSR count). The van der Waals surface area contributed by atoms with E-state index in [9.17, 15) is 0 Å². The summed E-state index contributed by atoms with van der Waals surface area (Å²) in [5.41, 5.74) is 14.3. The molecule has 0 amide bonds. The number of nitrogens with zero attached hydrogens (tertiary/aromatic N) is 1. The number of nitrogen functional groups attached to an aromatic ring is 1. The van der Waals surface area contributed by atoms with Crippen molar-refractivity contribution in [2.45, 2.75) is 18.9 Å². The summed E-state index contributed by atoms with van der Waals surface area (Å²) in [6, 6.07) is 46.2. The molecule has 0 bridgehead atoms. The molecule has 1 unspecified atom stereocenters. The van der Waals surface area contributed by atoms with E-state index in [2.05, 4.69) is 110 Å². The van der Waals surface area contributed by atoms with Crippen molar-refractivity contribution in [2.24, 2.45) is 0 Å². The third-order valence-electron chi connectivity index (χ3n) is 7.56. The number of aromatic nitrogens is 1. The van der Waals surface area contributed by atoms with Crippen molar-refractivity contribution in [3.63, 3.8) is 0 Å². The quantitative estimate of drug-likeness (QED) is 0.221. The molecule has 1 heterocycles. The molecule has 0 saturated heterocycles. The van der Waals surface area contributed by atoms with Gasteiger partial charge in [-0.1, -0.05) is 109 Å². The number of ether oxygens (including phenoxy) is 1. The Morgan fingerprint density at radius 2 is 1.38 bits per heavy atom. The molecule has 0 fully saturated rings. The molecule has 3 nitrogen and oxygen atoms in total. The van der Waals surface area contributed by atoms with Crippen LogP contribution in [0.15, 0.2) is 140 Å². The third kappa shape index (κ3) is 4.75. The fourth-order valence-electron chi connectivity index (χ4n) is 5.32. The number of para-hydroxylation sites is 3. The average molecular weight is 507 g/mol. The third-order valence-corrected chi connectivity index (χ3v) is 7.56. The lowest BCUT2D eigenvalue weighted by Gasteiger charge is -2.33. The number of hydrogen-bond acceptors (Lipinski definition) is 3. The minimum absolute atomic E-state index is 0.415. The van der Waals surface area contributed by atoms with Crippen LogP contribution in [-0.4, -0.2) is 4.98 Å². The molecule has 2 N–H and O–H groups in total. The number of hydrogen-bond donors (Lipinski definition) is 1. The molecule has 5 aromatic carbocycles. The first kappa shape index (κ1) is 24.4. The molecule has 39 heavy (non-hydrogen) atoms. The predicted octanol–water partition coefficient (Wildman–Crippen LogP) is 8.42. The van der Waals surface area contributed by atoms with Gasteiger partial charge in [0.15, 0.2) is 0 Å². The van der Waals surface area contributed by atoms with Crippen LogP contribution in [0, 0.1) is 0 Å². The maximum absolute atomic E-state index is 6.04. The summed E-state index contributed by atoms with van der Waals surface area (Å²) in [4.78, 5) is 4.84. The standard InChI is InChI=1S/C36H30N2O/c1-36(29-12-3-2-4-13-29,30-23-28-11-5-9-17-34(28)38-24-30)32-15-7-6-14-31(32)27-21-19-26(20-22-27)25-39-35-18-10-8-16-33(35)37/h2-24H,25,37H2,1H3. The van der Waals surface area contributed by atoms with Crippen LogP contribution in [0.2, 0.25) is 0 Å². The number of benzene rings is 5. The first-order chi connectivity index (χ1) is 19.1.